The maximum Gasteiger partial charge on any atom is 0.330 e. The second-order valence-electron chi connectivity index (χ2n) is 4.01. The zero-order valence-electron chi connectivity index (χ0n) is 10.0. The van der Waals surface area contributed by atoms with Crippen molar-refractivity contribution in [3.63, 3.8) is 0 Å². The number of rotatable bonds is 7. The molecule has 20 heavy (non-hydrogen) atoms. The van der Waals surface area contributed by atoms with Crippen molar-refractivity contribution < 1.29 is 27.1 Å². The molecule has 1 aromatic carbocycles. The molecule has 1 aromatic rings. The molecule has 0 atom stereocenters. The first-order valence-corrected chi connectivity index (χ1v) is 6.59. The third-order valence-electron chi connectivity index (χ3n) is 2.28. The predicted molar refractivity (Wildman–Crippen MR) is 69.6 cm³/mol. The van der Waals surface area contributed by atoms with Crippen molar-refractivity contribution in [2.24, 2.45) is 0 Å². The van der Waals surface area contributed by atoms with Crippen molar-refractivity contribution in [1.82, 2.24) is 0 Å². The lowest BCUT2D eigenvalue weighted by Gasteiger charge is -2.14. The molecule has 0 saturated carbocycles. The average Bonchev–Trinajstić information content (AvgIpc) is 2.32. The first-order valence-electron chi connectivity index (χ1n) is 5.41. The van der Waals surface area contributed by atoms with Crippen LogP contribution in [0.1, 0.15) is 5.56 Å². The normalized spacial score (nSPS) is 11.9. The standard InChI is InChI=1S/C12H10BrClF4O2/c13-8-2-1-7(10(14)4-8)3-9(19)5-20-6-12(17,18)11(15)16/h1-2,4,11H,3,5-6H2. The van der Waals surface area contributed by atoms with Gasteiger partial charge in [0.25, 0.3) is 0 Å². The van der Waals surface area contributed by atoms with Crippen LogP contribution >= 0.6 is 27.5 Å². The third-order valence-corrected chi connectivity index (χ3v) is 3.12. The highest BCUT2D eigenvalue weighted by atomic mass is 79.9. The van der Waals surface area contributed by atoms with Crippen LogP contribution in [-0.4, -0.2) is 31.3 Å². The Hall–Kier alpha value is -0.660. The second-order valence-corrected chi connectivity index (χ2v) is 5.33. The topological polar surface area (TPSA) is 26.3 Å². The summed E-state index contributed by atoms with van der Waals surface area (Å²) < 4.78 is 53.8. The minimum Gasteiger partial charge on any atom is -0.367 e. The van der Waals surface area contributed by atoms with E-state index in [1.807, 2.05) is 0 Å². The molecule has 0 amide bonds. The monoisotopic (exact) mass is 376 g/mol. The Bertz CT molecular complexity index is 483. The van der Waals surface area contributed by atoms with Crippen LogP contribution in [0.2, 0.25) is 5.02 Å². The quantitative estimate of drug-likeness (QED) is 0.668. The van der Waals surface area contributed by atoms with Gasteiger partial charge >= 0.3 is 12.3 Å². The van der Waals surface area contributed by atoms with Crippen molar-refractivity contribution in [3.05, 3.63) is 33.3 Å². The molecule has 0 saturated heterocycles. The molecule has 0 aliphatic carbocycles. The summed E-state index contributed by atoms with van der Waals surface area (Å²) in [6.07, 6.45) is -3.94. The summed E-state index contributed by atoms with van der Waals surface area (Å²) >= 11 is 9.07. The summed E-state index contributed by atoms with van der Waals surface area (Å²) in [5.74, 6) is -4.78. The van der Waals surface area contributed by atoms with Gasteiger partial charge in [0.1, 0.15) is 13.2 Å². The molecule has 1 rings (SSSR count). The zero-order valence-corrected chi connectivity index (χ0v) is 12.4. The summed E-state index contributed by atoms with van der Waals surface area (Å²) in [4.78, 5) is 11.5. The maximum atomic E-state index is 12.5. The first kappa shape index (κ1) is 17.4. The maximum absolute atomic E-state index is 12.5. The minimum absolute atomic E-state index is 0.119. The van der Waals surface area contributed by atoms with Crippen LogP contribution < -0.4 is 0 Å². The number of hydrogen-bond acceptors (Lipinski definition) is 2. The Morgan fingerprint density at radius 1 is 1.40 bits per heavy atom. The highest BCUT2D eigenvalue weighted by molar-refractivity contribution is 9.10. The van der Waals surface area contributed by atoms with E-state index in [0.717, 1.165) is 4.47 Å². The SMILES string of the molecule is O=C(COCC(F)(F)C(F)F)Cc1ccc(Br)cc1Cl. The lowest BCUT2D eigenvalue weighted by Crippen LogP contribution is -2.33. The molecular weight excluding hydrogens is 367 g/mol. The van der Waals surface area contributed by atoms with Gasteiger partial charge in [0.2, 0.25) is 0 Å². The summed E-state index contributed by atoms with van der Waals surface area (Å²) in [5, 5.41) is 0.339. The molecule has 0 spiro atoms. The summed E-state index contributed by atoms with van der Waals surface area (Å²) in [6.45, 7) is -2.17. The second kappa shape index (κ2) is 7.38. The molecule has 8 heteroatoms. The van der Waals surface area contributed by atoms with Gasteiger partial charge in [-0.1, -0.05) is 33.6 Å². The van der Waals surface area contributed by atoms with Gasteiger partial charge in [0.05, 0.1) is 0 Å². The Kier molecular flexibility index (Phi) is 6.42. The third kappa shape index (κ3) is 5.38. The number of halogens is 6. The molecule has 0 aromatic heterocycles. The van der Waals surface area contributed by atoms with Crippen molar-refractivity contribution in [2.45, 2.75) is 18.8 Å². The molecule has 112 valence electrons. The van der Waals surface area contributed by atoms with Gasteiger partial charge in [-0.05, 0) is 17.7 Å². The summed E-state index contributed by atoms with van der Waals surface area (Å²) in [5.41, 5.74) is 0.504. The fraction of sp³-hybridized carbons (Fsp3) is 0.417. The van der Waals surface area contributed by atoms with E-state index in [4.69, 9.17) is 11.6 Å². The molecule has 2 nitrogen and oxygen atoms in total. The molecule has 0 heterocycles. The molecule has 0 N–H and O–H groups in total. The molecule has 0 radical (unpaired) electrons. The zero-order chi connectivity index (χ0) is 15.3. The molecule has 0 aliphatic heterocycles. The largest absolute Gasteiger partial charge is 0.367 e. The van der Waals surface area contributed by atoms with Gasteiger partial charge in [-0.2, -0.15) is 8.78 Å². The Balaban J connectivity index is 2.45. The van der Waals surface area contributed by atoms with Gasteiger partial charge in [-0.3, -0.25) is 4.79 Å². The fourth-order valence-corrected chi connectivity index (χ4v) is 2.03. The molecule has 0 fully saturated rings. The van der Waals surface area contributed by atoms with Gasteiger partial charge in [0.15, 0.2) is 5.78 Å². The smallest absolute Gasteiger partial charge is 0.330 e. The van der Waals surface area contributed by atoms with E-state index in [-0.39, 0.29) is 6.42 Å². The van der Waals surface area contributed by atoms with E-state index < -0.39 is 31.3 Å². The number of ether oxygens (including phenoxy) is 1. The average molecular weight is 378 g/mol. The highest BCUT2D eigenvalue weighted by Gasteiger charge is 2.41. The number of alkyl halides is 4. The van der Waals surface area contributed by atoms with Crippen LogP contribution in [0.3, 0.4) is 0 Å². The van der Waals surface area contributed by atoms with Gasteiger partial charge < -0.3 is 4.74 Å². The van der Waals surface area contributed by atoms with E-state index in [9.17, 15) is 22.4 Å². The van der Waals surface area contributed by atoms with Gasteiger partial charge in [-0.15, -0.1) is 0 Å². The van der Waals surface area contributed by atoms with Crippen LogP contribution in [0.15, 0.2) is 22.7 Å². The molecule has 0 aliphatic rings. The van der Waals surface area contributed by atoms with E-state index in [1.54, 1.807) is 18.2 Å². The molecule has 0 bridgehead atoms. The number of hydrogen-bond donors (Lipinski definition) is 0. The molecular formula is C12H10BrClF4O2. The van der Waals surface area contributed by atoms with E-state index in [0.29, 0.717) is 10.6 Å². The molecule has 0 unspecified atom stereocenters. The van der Waals surface area contributed by atoms with Crippen molar-refractivity contribution >= 4 is 33.3 Å². The Morgan fingerprint density at radius 2 is 2.05 bits per heavy atom. The van der Waals surface area contributed by atoms with Gasteiger partial charge in [-0.25, -0.2) is 8.78 Å². The van der Waals surface area contributed by atoms with Crippen molar-refractivity contribution in [2.75, 3.05) is 13.2 Å². The lowest BCUT2D eigenvalue weighted by atomic mass is 10.1. The van der Waals surface area contributed by atoms with E-state index >= 15 is 0 Å². The van der Waals surface area contributed by atoms with Crippen molar-refractivity contribution in [1.29, 1.82) is 0 Å². The number of carbonyl (C=O) groups excluding carboxylic acids is 1. The summed E-state index contributed by atoms with van der Waals surface area (Å²) in [6, 6.07) is 4.84. The number of carbonyl (C=O) groups is 1. The predicted octanol–water partition coefficient (Wildman–Crippen LogP) is 4.13. The number of benzene rings is 1. The Labute approximate surface area is 126 Å². The van der Waals surface area contributed by atoms with Crippen LogP contribution in [0, 0.1) is 0 Å². The summed E-state index contributed by atoms with van der Waals surface area (Å²) in [7, 11) is 0. The van der Waals surface area contributed by atoms with Gasteiger partial charge in [0, 0.05) is 15.9 Å². The number of Topliss-reactive ketones (excluding diaryl/α,β-unsaturated/α-hetero) is 1. The minimum atomic E-state index is -4.25. The Morgan fingerprint density at radius 3 is 2.60 bits per heavy atom. The highest BCUT2D eigenvalue weighted by Crippen LogP contribution is 2.23. The van der Waals surface area contributed by atoms with Crippen LogP contribution in [-0.2, 0) is 16.0 Å². The van der Waals surface area contributed by atoms with E-state index in [1.165, 1.54) is 0 Å². The van der Waals surface area contributed by atoms with Crippen molar-refractivity contribution in [3.8, 4) is 0 Å². The number of ketones is 1. The van der Waals surface area contributed by atoms with Crippen LogP contribution in [0.25, 0.3) is 0 Å². The fourth-order valence-electron chi connectivity index (χ4n) is 1.29. The lowest BCUT2D eigenvalue weighted by molar-refractivity contribution is -0.168. The van der Waals surface area contributed by atoms with Crippen LogP contribution in [0.5, 0.6) is 0 Å². The van der Waals surface area contributed by atoms with Crippen LogP contribution in [0.4, 0.5) is 17.6 Å². The first-order chi connectivity index (χ1) is 9.22. The van der Waals surface area contributed by atoms with E-state index in [2.05, 4.69) is 20.7 Å².